The second kappa shape index (κ2) is 7.29. The van der Waals surface area contributed by atoms with Crippen molar-refractivity contribution in [1.29, 1.82) is 0 Å². The molecule has 0 spiro atoms. The molecule has 0 atom stereocenters. The van der Waals surface area contributed by atoms with Crippen LogP contribution in [0.5, 0.6) is 0 Å². The first-order chi connectivity index (χ1) is 13.1. The maximum absolute atomic E-state index is 12.3. The molecule has 0 aliphatic carbocycles. The number of carbonyl (C=O) groups excluding carboxylic acids is 1. The van der Waals surface area contributed by atoms with Crippen LogP contribution in [0.3, 0.4) is 0 Å². The first-order valence-corrected chi connectivity index (χ1v) is 8.98. The molecule has 4 rings (SSSR count). The van der Waals surface area contributed by atoms with Crippen LogP contribution < -0.4 is 5.32 Å². The number of fused-ring (bicyclic) bond motifs is 1. The number of carbonyl (C=O) groups is 1. The van der Waals surface area contributed by atoms with Gasteiger partial charge in [0.2, 0.25) is 5.91 Å². The van der Waals surface area contributed by atoms with E-state index in [0.717, 1.165) is 33.8 Å². The van der Waals surface area contributed by atoms with E-state index in [9.17, 15) is 4.79 Å². The molecule has 0 saturated carbocycles. The van der Waals surface area contributed by atoms with Crippen LogP contribution in [0.25, 0.3) is 0 Å². The molecule has 1 aromatic carbocycles. The molecule has 0 unspecified atom stereocenters. The number of aromatic nitrogens is 2. The van der Waals surface area contributed by atoms with Gasteiger partial charge in [-0.25, -0.2) is 9.98 Å². The zero-order valence-corrected chi connectivity index (χ0v) is 15.5. The van der Waals surface area contributed by atoms with Crippen LogP contribution in [-0.2, 0) is 17.6 Å². The van der Waals surface area contributed by atoms with Crippen molar-refractivity contribution in [2.24, 2.45) is 4.99 Å². The Morgan fingerprint density at radius 2 is 2.00 bits per heavy atom. The largest absolute Gasteiger partial charge is 0.326 e. The third-order valence-electron chi connectivity index (χ3n) is 4.35. The number of halogens is 1. The van der Waals surface area contributed by atoms with E-state index in [0.29, 0.717) is 17.1 Å². The highest BCUT2D eigenvalue weighted by molar-refractivity contribution is 6.34. The molecule has 5 nitrogen and oxygen atoms in total. The molecule has 1 amide bonds. The molecule has 0 fully saturated rings. The number of nitrogens with one attached hydrogen (secondary N) is 1. The van der Waals surface area contributed by atoms with E-state index in [-0.39, 0.29) is 12.3 Å². The molecule has 2 aromatic heterocycles. The summed E-state index contributed by atoms with van der Waals surface area (Å²) in [4.78, 5) is 25.3. The molecule has 0 bridgehead atoms. The maximum atomic E-state index is 12.3. The Bertz CT molecular complexity index is 1050. The lowest BCUT2D eigenvalue weighted by Gasteiger charge is -2.09. The number of hydrogen-bond donors (Lipinski definition) is 1. The fourth-order valence-electron chi connectivity index (χ4n) is 3.07. The van der Waals surface area contributed by atoms with Crippen molar-refractivity contribution in [3.8, 4) is 0 Å². The van der Waals surface area contributed by atoms with Gasteiger partial charge in [-0.1, -0.05) is 17.7 Å². The molecule has 0 saturated heterocycles. The van der Waals surface area contributed by atoms with Gasteiger partial charge in [0, 0.05) is 46.8 Å². The van der Waals surface area contributed by atoms with Gasteiger partial charge >= 0.3 is 0 Å². The second-order valence-corrected chi connectivity index (χ2v) is 6.91. The minimum absolute atomic E-state index is 0.0941. The van der Waals surface area contributed by atoms with Crippen molar-refractivity contribution >= 4 is 34.7 Å². The molecule has 27 heavy (non-hydrogen) atoms. The fraction of sp³-hybridized carbons (Fsp3) is 0.143. The Morgan fingerprint density at radius 1 is 1.19 bits per heavy atom. The SMILES string of the molecule is Cc1cnc2c(c1)CC(c1cc(NC(=O)Cc3ccncc3)ccc1Cl)=N2. The van der Waals surface area contributed by atoms with E-state index in [1.54, 1.807) is 24.5 Å². The van der Waals surface area contributed by atoms with Crippen molar-refractivity contribution in [1.82, 2.24) is 9.97 Å². The number of hydrogen-bond acceptors (Lipinski definition) is 4. The third kappa shape index (κ3) is 3.88. The quantitative estimate of drug-likeness (QED) is 0.738. The lowest BCUT2D eigenvalue weighted by atomic mass is 10.0. The van der Waals surface area contributed by atoms with Gasteiger partial charge in [0.25, 0.3) is 0 Å². The molecule has 134 valence electrons. The monoisotopic (exact) mass is 376 g/mol. The molecule has 1 aliphatic heterocycles. The molecule has 3 aromatic rings. The van der Waals surface area contributed by atoms with Crippen LogP contribution in [0.2, 0.25) is 5.02 Å². The van der Waals surface area contributed by atoms with Crippen LogP contribution in [0, 0.1) is 6.92 Å². The van der Waals surface area contributed by atoms with E-state index in [2.05, 4.69) is 26.3 Å². The standard InChI is InChI=1S/C21H17ClN4O/c1-13-8-15-10-19(26-21(15)24-12-13)17-11-16(2-3-18(17)22)25-20(27)9-14-4-6-23-7-5-14/h2-8,11-12H,9-10H2,1H3,(H,25,27). The summed E-state index contributed by atoms with van der Waals surface area (Å²) in [6.07, 6.45) is 6.13. The minimum Gasteiger partial charge on any atom is -0.326 e. The van der Waals surface area contributed by atoms with Crippen molar-refractivity contribution in [3.05, 3.63) is 82.3 Å². The van der Waals surface area contributed by atoms with E-state index in [1.165, 1.54) is 0 Å². The number of aryl methyl sites for hydroxylation is 1. The lowest BCUT2D eigenvalue weighted by Crippen LogP contribution is -2.15. The number of rotatable bonds is 4. The van der Waals surface area contributed by atoms with Crippen LogP contribution in [0.15, 0.2) is 60.0 Å². The van der Waals surface area contributed by atoms with Crippen LogP contribution in [-0.4, -0.2) is 21.6 Å². The van der Waals surface area contributed by atoms with Crippen LogP contribution in [0.1, 0.15) is 22.3 Å². The Kier molecular flexibility index (Phi) is 4.69. The molecule has 6 heteroatoms. The summed E-state index contributed by atoms with van der Waals surface area (Å²) in [6, 6.07) is 11.2. The van der Waals surface area contributed by atoms with Gasteiger partial charge in [-0.2, -0.15) is 0 Å². The summed E-state index contributed by atoms with van der Waals surface area (Å²) >= 11 is 6.40. The molecule has 1 aliphatic rings. The first-order valence-electron chi connectivity index (χ1n) is 8.60. The Balaban J connectivity index is 1.53. The van der Waals surface area contributed by atoms with Gasteiger partial charge in [-0.15, -0.1) is 0 Å². The highest BCUT2D eigenvalue weighted by atomic mass is 35.5. The first kappa shape index (κ1) is 17.4. The van der Waals surface area contributed by atoms with Crippen molar-refractivity contribution in [3.63, 3.8) is 0 Å². The van der Waals surface area contributed by atoms with Crippen LogP contribution in [0.4, 0.5) is 11.5 Å². The summed E-state index contributed by atoms with van der Waals surface area (Å²) in [7, 11) is 0. The minimum atomic E-state index is -0.0941. The summed E-state index contributed by atoms with van der Waals surface area (Å²) < 4.78 is 0. The maximum Gasteiger partial charge on any atom is 0.228 e. The van der Waals surface area contributed by atoms with Crippen molar-refractivity contribution < 1.29 is 4.79 Å². The predicted octanol–water partition coefficient (Wildman–Crippen LogP) is 4.30. The average Bonchev–Trinajstić information content (AvgIpc) is 3.07. The summed E-state index contributed by atoms with van der Waals surface area (Å²) in [5.41, 5.74) is 5.47. The van der Waals surface area contributed by atoms with E-state index in [4.69, 9.17) is 11.6 Å². The molecular formula is C21H17ClN4O. The normalized spacial score (nSPS) is 12.4. The Morgan fingerprint density at radius 3 is 2.81 bits per heavy atom. The highest BCUT2D eigenvalue weighted by Crippen LogP contribution is 2.31. The van der Waals surface area contributed by atoms with Gasteiger partial charge in [-0.05, 0) is 48.4 Å². The second-order valence-electron chi connectivity index (χ2n) is 6.51. The van der Waals surface area contributed by atoms with Crippen molar-refractivity contribution in [2.75, 3.05) is 5.32 Å². The fourth-order valence-corrected chi connectivity index (χ4v) is 3.30. The summed E-state index contributed by atoms with van der Waals surface area (Å²) in [5.74, 6) is 0.641. The predicted molar refractivity (Wildman–Crippen MR) is 107 cm³/mol. The topological polar surface area (TPSA) is 67.2 Å². The number of anilines is 1. The zero-order valence-electron chi connectivity index (χ0n) is 14.7. The van der Waals surface area contributed by atoms with E-state index >= 15 is 0 Å². The van der Waals surface area contributed by atoms with Gasteiger partial charge < -0.3 is 5.32 Å². The lowest BCUT2D eigenvalue weighted by molar-refractivity contribution is -0.115. The van der Waals surface area contributed by atoms with Gasteiger partial charge in [0.1, 0.15) is 0 Å². The third-order valence-corrected chi connectivity index (χ3v) is 4.68. The number of benzene rings is 1. The molecule has 1 N–H and O–H groups in total. The smallest absolute Gasteiger partial charge is 0.228 e. The van der Waals surface area contributed by atoms with E-state index in [1.807, 2.05) is 31.3 Å². The molecule has 0 radical (unpaired) electrons. The zero-order chi connectivity index (χ0) is 18.8. The number of nitrogens with zero attached hydrogens (tertiary/aromatic N) is 3. The molecular weight excluding hydrogens is 360 g/mol. The Hall–Kier alpha value is -3.05. The van der Waals surface area contributed by atoms with Crippen LogP contribution >= 0.6 is 11.6 Å². The van der Waals surface area contributed by atoms with Crippen molar-refractivity contribution in [2.45, 2.75) is 19.8 Å². The number of pyridine rings is 2. The summed E-state index contributed by atoms with van der Waals surface area (Å²) in [5, 5.41) is 3.53. The number of aliphatic imine (C=N–C) groups is 1. The number of amides is 1. The average molecular weight is 377 g/mol. The molecule has 3 heterocycles. The highest BCUT2D eigenvalue weighted by Gasteiger charge is 2.20. The van der Waals surface area contributed by atoms with Gasteiger partial charge in [-0.3, -0.25) is 9.78 Å². The van der Waals surface area contributed by atoms with Gasteiger partial charge in [0.05, 0.1) is 12.1 Å². The van der Waals surface area contributed by atoms with E-state index < -0.39 is 0 Å². The Labute approximate surface area is 162 Å². The summed E-state index contributed by atoms with van der Waals surface area (Å²) in [6.45, 7) is 2.01. The van der Waals surface area contributed by atoms with Gasteiger partial charge in [0.15, 0.2) is 5.82 Å².